The molecule has 8 nitrogen and oxygen atoms in total. The van der Waals surface area contributed by atoms with Gasteiger partial charge in [-0.3, -0.25) is 4.79 Å². The van der Waals surface area contributed by atoms with Crippen LogP contribution >= 0.6 is 15.9 Å². The summed E-state index contributed by atoms with van der Waals surface area (Å²) in [5.74, 6) is 1.49. The molecule has 4 aromatic rings. The van der Waals surface area contributed by atoms with Crippen LogP contribution < -0.4 is 5.32 Å². The lowest BCUT2D eigenvalue weighted by Crippen LogP contribution is -2.27. The average Bonchev–Trinajstić information content (AvgIpc) is 3.34. The van der Waals surface area contributed by atoms with Crippen molar-refractivity contribution >= 4 is 33.3 Å². The minimum absolute atomic E-state index is 0.129. The van der Waals surface area contributed by atoms with Crippen LogP contribution in [0.25, 0.3) is 17.0 Å². The molecule has 0 atom stereocenters. The van der Waals surface area contributed by atoms with Gasteiger partial charge in [-0.05, 0) is 41.4 Å². The predicted octanol–water partition coefficient (Wildman–Crippen LogP) is 3.90. The zero-order valence-electron chi connectivity index (χ0n) is 17.9. The van der Waals surface area contributed by atoms with Gasteiger partial charge >= 0.3 is 0 Å². The SMILES string of the molecule is CCN(C)C(=O)c1cc(NCc2cccc(-c3nccn3C)c2)n2nc(C)c(Br)c2n1. The van der Waals surface area contributed by atoms with Crippen molar-refractivity contribution in [1.29, 1.82) is 0 Å². The molecule has 1 amide bonds. The third-order valence-electron chi connectivity index (χ3n) is 5.21. The number of aromatic nitrogens is 5. The van der Waals surface area contributed by atoms with Crippen LogP contribution in [-0.4, -0.2) is 48.5 Å². The van der Waals surface area contributed by atoms with Gasteiger partial charge in [-0.1, -0.05) is 18.2 Å². The van der Waals surface area contributed by atoms with Crippen molar-refractivity contribution in [2.75, 3.05) is 18.9 Å². The number of aryl methyl sites for hydroxylation is 2. The monoisotopic (exact) mass is 481 g/mol. The fraction of sp³-hybridized carbons (Fsp3) is 0.273. The summed E-state index contributed by atoms with van der Waals surface area (Å²) in [5.41, 5.74) is 3.93. The van der Waals surface area contributed by atoms with Crippen molar-refractivity contribution in [3.05, 3.63) is 64.1 Å². The van der Waals surface area contributed by atoms with E-state index < -0.39 is 0 Å². The van der Waals surface area contributed by atoms with Crippen LogP contribution in [0.15, 0.2) is 47.2 Å². The Morgan fingerprint density at radius 2 is 2.10 bits per heavy atom. The highest BCUT2D eigenvalue weighted by Gasteiger charge is 2.19. The van der Waals surface area contributed by atoms with Gasteiger partial charge in [0.25, 0.3) is 5.91 Å². The average molecular weight is 482 g/mol. The van der Waals surface area contributed by atoms with Crippen molar-refractivity contribution in [3.8, 4) is 11.4 Å². The summed E-state index contributed by atoms with van der Waals surface area (Å²) in [6, 6.07) is 9.97. The fourth-order valence-electron chi connectivity index (χ4n) is 3.33. The van der Waals surface area contributed by atoms with Crippen LogP contribution in [0.5, 0.6) is 0 Å². The van der Waals surface area contributed by atoms with Gasteiger partial charge in [-0.15, -0.1) is 0 Å². The second-order valence-corrected chi connectivity index (χ2v) is 8.19. The Kier molecular flexibility index (Phi) is 5.77. The Morgan fingerprint density at radius 3 is 2.81 bits per heavy atom. The molecule has 4 rings (SSSR count). The van der Waals surface area contributed by atoms with Gasteiger partial charge < -0.3 is 14.8 Å². The van der Waals surface area contributed by atoms with Crippen molar-refractivity contribution in [1.82, 2.24) is 29.0 Å². The first-order chi connectivity index (χ1) is 14.9. The number of nitrogens with one attached hydrogen (secondary N) is 1. The molecular weight excluding hydrogens is 458 g/mol. The number of anilines is 1. The molecule has 0 saturated carbocycles. The van der Waals surface area contributed by atoms with Gasteiger partial charge in [-0.25, -0.2) is 9.97 Å². The van der Waals surface area contributed by atoms with Crippen LogP contribution in [0.2, 0.25) is 0 Å². The molecule has 0 bridgehead atoms. The molecule has 3 aromatic heterocycles. The molecule has 0 saturated heterocycles. The van der Waals surface area contributed by atoms with Crippen LogP contribution in [0.1, 0.15) is 28.7 Å². The molecule has 9 heteroatoms. The lowest BCUT2D eigenvalue weighted by atomic mass is 10.1. The van der Waals surface area contributed by atoms with Gasteiger partial charge in [0.05, 0.1) is 10.2 Å². The summed E-state index contributed by atoms with van der Waals surface area (Å²) in [4.78, 5) is 23.4. The van der Waals surface area contributed by atoms with Crippen LogP contribution in [0, 0.1) is 6.92 Å². The topological polar surface area (TPSA) is 80.4 Å². The van der Waals surface area contributed by atoms with Crippen molar-refractivity contribution in [2.24, 2.45) is 7.05 Å². The van der Waals surface area contributed by atoms with E-state index in [-0.39, 0.29) is 5.91 Å². The van der Waals surface area contributed by atoms with E-state index in [4.69, 9.17) is 0 Å². The maximum Gasteiger partial charge on any atom is 0.272 e. The molecule has 0 spiro atoms. The van der Waals surface area contributed by atoms with Crippen LogP contribution in [-0.2, 0) is 13.6 Å². The molecule has 0 aliphatic heterocycles. The van der Waals surface area contributed by atoms with E-state index in [2.05, 4.69) is 48.4 Å². The normalized spacial score (nSPS) is 11.1. The third kappa shape index (κ3) is 4.05. The Bertz CT molecular complexity index is 1260. The van der Waals surface area contributed by atoms with Gasteiger partial charge in [0.2, 0.25) is 0 Å². The van der Waals surface area contributed by atoms with E-state index in [1.807, 2.05) is 43.8 Å². The first-order valence-corrected chi connectivity index (χ1v) is 10.8. The quantitative estimate of drug-likeness (QED) is 0.451. The number of fused-ring (bicyclic) bond motifs is 1. The standard InChI is InChI=1S/C22H24BrN7O/c1-5-28(3)22(31)17-12-18(30-21(26-17)19(23)14(2)27-30)25-13-15-7-6-8-16(11-15)20-24-9-10-29(20)4/h6-12,25H,5,13H2,1-4H3. The second kappa shape index (κ2) is 8.50. The van der Waals surface area contributed by atoms with E-state index >= 15 is 0 Å². The lowest BCUT2D eigenvalue weighted by molar-refractivity contribution is 0.0797. The number of hydrogen-bond acceptors (Lipinski definition) is 5. The predicted molar refractivity (Wildman–Crippen MR) is 124 cm³/mol. The first kappa shape index (κ1) is 21.0. The second-order valence-electron chi connectivity index (χ2n) is 7.40. The van der Waals surface area contributed by atoms with Crippen molar-refractivity contribution in [3.63, 3.8) is 0 Å². The number of hydrogen-bond donors (Lipinski definition) is 1. The zero-order valence-corrected chi connectivity index (χ0v) is 19.5. The van der Waals surface area contributed by atoms with Gasteiger partial charge in [-0.2, -0.15) is 9.61 Å². The molecule has 0 radical (unpaired) electrons. The summed E-state index contributed by atoms with van der Waals surface area (Å²) >= 11 is 3.55. The fourth-order valence-corrected chi connectivity index (χ4v) is 3.66. The number of imidazole rings is 1. The Labute approximate surface area is 189 Å². The van der Waals surface area contributed by atoms with Gasteiger partial charge in [0, 0.05) is 51.2 Å². The number of rotatable bonds is 6. The largest absolute Gasteiger partial charge is 0.366 e. The molecule has 31 heavy (non-hydrogen) atoms. The number of nitrogens with zero attached hydrogens (tertiary/aromatic N) is 6. The van der Waals surface area contributed by atoms with E-state index in [0.29, 0.717) is 30.2 Å². The van der Waals surface area contributed by atoms with Gasteiger partial charge in [0.15, 0.2) is 5.65 Å². The highest BCUT2D eigenvalue weighted by atomic mass is 79.9. The molecule has 0 fully saturated rings. The molecule has 0 unspecified atom stereocenters. The van der Waals surface area contributed by atoms with Crippen LogP contribution in [0.4, 0.5) is 5.82 Å². The first-order valence-electron chi connectivity index (χ1n) is 10.0. The minimum Gasteiger partial charge on any atom is -0.366 e. The lowest BCUT2D eigenvalue weighted by Gasteiger charge is -2.15. The molecule has 1 N–H and O–H groups in total. The summed E-state index contributed by atoms with van der Waals surface area (Å²) < 4.78 is 4.50. The van der Waals surface area contributed by atoms with E-state index in [1.165, 1.54) is 0 Å². The number of benzene rings is 1. The summed E-state index contributed by atoms with van der Waals surface area (Å²) in [6.45, 7) is 5.00. The molecule has 160 valence electrons. The minimum atomic E-state index is -0.129. The highest BCUT2D eigenvalue weighted by molar-refractivity contribution is 9.10. The number of halogens is 1. The Morgan fingerprint density at radius 1 is 1.29 bits per heavy atom. The van der Waals surface area contributed by atoms with Gasteiger partial charge in [0.1, 0.15) is 17.3 Å². The summed E-state index contributed by atoms with van der Waals surface area (Å²) in [6.07, 6.45) is 3.72. The zero-order chi connectivity index (χ0) is 22.1. The summed E-state index contributed by atoms with van der Waals surface area (Å²) in [5, 5.41) is 7.99. The highest BCUT2D eigenvalue weighted by Crippen LogP contribution is 2.25. The third-order valence-corrected chi connectivity index (χ3v) is 6.14. The maximum atomic E-state index is 12.8. The molecular formula is C22H24BrN7O. The number of carbonyl (C=O) groups excluding carboxylic acids is 1. The van der Waals surface area contributed by atoms with E-state index in [0.717, 1.165) is 27.1 Å². The van der Waals surface area contributed by atoms with Crippen molar-refractivity contribution < 1.29 is 4.79 Å². The Hall–Kier alpha value is -3.20. The Balaban J connectivity index is 1.67. The van der Waals surface area contributed by atoms with E-state index in [1.54, 1.807) is 28.7 Å². The maximum absolute atomic E-state index is 12.8. The molecule has 0 aliphatic carbocycles. The molecule has 3 heterocycles. The van der Waals surface area contributed by atoms with Crippen molar-refractivity contribution in [2.45, 2.75) is 20.4 Å². The van der Waals surface area contributed by atoms with Crippen LogP contribution in [0.3, 0.4) is 0 Å². The summed E-state index contributed by atoms with van der Waals surface area (Å²) in [7, 11) is 3.74. The number of amides is 1. The smallest absolute Gasteiger partial charge is 0.272 e. The molecule has 0 aliphatic rings. The molecule has 1 aromatic carbocycles. The number of carbonyl (C=O) groups is 1. The van der Waals surface area contributed by atoms with E-state index in [9.17, 15) is 4.79 Å².